The van der Waals surface area contributed by atoms with Gasteiger partial charge in [-0.2, -0.15) is 0 Å². The molecule has 0 unspecified atom stereocenters. The summed E-state index contributed by atoms with van der Waals surface area (Å²) in [6, 6.07) is 14.0. The van der Waals surface area contributed by atoms with Gasteiger partial charge in [0.2, 0.25) is 0 Å². The summed E-state index contributed by atoms with van der Waals surface area (Å²) in [5.74, 6) is 2.38. The van der Waals surface area contributed by atoms with Crippen LogP contribution < -0.4 is 9.47 Å². The second kappa shape index (κ2) is 10.2. The first-order chi connectivity index (χ1) is 18.0. The molecule has 0 bridgehead atoms. The van der Waals surface area contributed by atoms with Gasteiger partial charge in [-0.25, -0.2) is 0 Å². The van der Waals surface area contributed by atoms with Gasteiger partial charge in [-0.15, -0.1) is 0 Å². The van der Waals surface area contributed by atoms with Crippen molar-refractivity contribution in [2.75, 3.05) is 6.61 Å². The maximum Gasteiger partial charge on any atom is 0.174 e. The number of Topliss-reactive ketones (excluding diaryl/α,β-unsaturated/α-hetero) is 2. The van der Waals surface area contributed by atoms with Crippen molar-refractivity contribution >= 4 is 34.2 Å². The Labute approximate surface area is 238 Å². The molecular weight excluding hydrogens is 591 g/mol. The van der Waals surface area contributed by atoms with Gasteiger partial charge in [-0.1, -0.05) is 58.0 Å². The first-order valence-corrected chi connectivity index (χ1v) is 14.4. The average molecular weight is 627 g/mol. The third-order valence-corrected chi connectivity index (χ3v) is 8.27. The van der Waals surface area contributed by atoms with Crippen LogP contribution in [0.1, 0.15) is 77.3 Å². The summed E-state index contributed by atoms with van der Waals surface area (Å²) < 4.78 is 19.6. The molecule has 0 N–H and O–H groups in total. The number of hydrogen-bond donors (Lipinski definition) is 0. The fourth-order valence-electron chi connectivity index (χ4n) is 5.90. The number of ether oxygens (including phenoxy) is 3. The van der Waals surface area contributed by atoms with Gasteiger partial charge in [0.25, 0.3) is 0 Å². The first kappa shape index (κ1) is 27.0. The van der Waals surface area contributed by atoms with Gasteiger partial charge in [0.1, 0.15) is 18.1 Å². The van der Waals surface area contributed by atoms with Crippen LogP contribution >= 0.6 is 22.6 Å². The van der Waals surface area contributed by atoms with Gasteiger partial charge in [0.05, 0.1) is 10.2 Å². The Morgan fingerprint density at radius 1 is 0.868 bits per heavy atom. The summed E-state index contributed by atoms with van der Waals surface area (Å²) in [5.41, 5.74) is 2.82. The molecule has 6 heteroatoms. The number of carbonyl (C=O) groups is 2. The molecule has 1 aliphatic heterocycles. The van der Waals surface area contributed by atoms with Crippen molar-refractivity contribution in [3.05, 3.63) is 79.8 Å². The van der Waals surface area contributed by atoms with Gasteiger partial charge in [-0.05, 0) is 63.6 Å². The third kappa shape index (κ3) is 5.29. The van der Waals surface area contributed by atoms with Crippen LogP contribution in [0.3, 0.4) is 0 Å². The summed E-state index contributed by atoms with van der Waals surface area (Å²) in [4.78, 5) is 27.3. The van der Waals surface area contributed by atoms with Crippen molar-refractivity contribution in [1.82, 2.24) is 0 Å². The molecule has 0 amide bonds. The van der Waals surface area contributed by atoms with Crippen molar-refractivity contribution in [3.8, 4) is 11.5 Å². The van der Waals surface area contributed by atoms with Crippen LogP contribution in [0.5, 0.6) is 11.5 Å². The number of rotatable bonds is 6. The number of hydrogen-bond acceptors (Lipinski definition) is 5. The number of allylic oxidation sites excluding steroid dienone is 4. The summed E-state index contributed by atoms with van der Waals surface area (Å²) in [7, 11) is 0. The molecule has 2 aliphatic carbocycles. The van der Waals surface area contributed by atoms with Gasteiger partial charge in [0, 0.05) is 42.7 Å². The molecule has 1 heterocycles. The number of carbonyl (C=O) groups excluding carboxylic acids is 2. The third-order valence-electron chi connectivity index (χ3n) is 7.47. The molecule has 5 rings (SSSR count). The molecule has 2 aromatic rings. The lowest BCUT2D eigenvalue weighted by molar-refractivity contribution is -0.120. The molecule has 0 aromatic heterocycles. The highest BCUT2D eigenvalue weighted by Gasteiger charge is 2.48. The maximum atomic E-state index is 13.6. The fourth-order valence-corrected chi connectivity index (χ4v) is 6.68. The lowest BCUT2D eigenvalue weighted by atomic mass is 9.65. The lowest BCUT2D eigenvalue weighted by Crippen LogP contribution is -2.37. The van der Waals surface area contributed by atoms with Crippen LogP contribution in [-0.4, -0.2) is 18.2 Å². The Balaban J connectivity index is 1.62. The van der Waals surface area contributed by atoms with Crippen LogP contribution in [-0.2, 0) is 20.9 Å². The minimum Gasteiger partial charge on any atom is -0.490 e. The zero-order valence-corrected chi connectivity index (χ0v) is 24.9. The van der Waals surface area contributed by atoms with Crippen LogP contribution in [0.25, 0.3) is 0 Å². The van der Waals surface area contributed by atoms with Crippen LogP contribution in [0.2, 0.25) is 0 Å². The van der Waals surface area contributed by atoms with E-state index in [2.05, 4.69) is 50.3 Å². The van der Waals surface area contributed by atoms with E-state index in [1.807, 2.05) is 49.4 Å². The van der Waals surface area contributed by atoms with E-state index in [0.29, 0.717) is 61.5 Å². The van der Waals surface area contributed by atoms with E-state index in [1.54, 1.807) is 0 Å². The van der Waals surface area contributed by atoms with E-state index in [4.69, 9.17) is 14.2 Å². The monoisotopic (exact) mass is 626 g/mol. The maximum absolute atomic E-state index is 13.6. The number of benzene rings is 2. The molecule has 0 spiro atoms. The average Bonchev–Trinajstić information content (AvgIpc) is 2.81. The van der Waals surface area contributed by atoms with Crippen LogP contribution in [0.15, 0.2) is 65.1 Å². The normalized spacial score (nSPS) is 20.6. The van der Waals surface area contributed by atoms with Crippen molar-refractivity contribution in [2.24, 2.45) is 10.8 Å². The minimum absolute atomic E-state index is 0.0582. The van der Waals surface area contributed by atoms with Crippen molar-refractivity contribution in [1.29, 1.82) is 0 Å². The van der Waals surface area contributed by atoms with Crippen LogP contribution in [0.4, 0.5) is 0 Å². The van der Waals surface area contributed by atoms with Crippen molar-refractivity contribution < 1.29 is 23.8 Å². The Hall–Kier alpha value is -2.61. The predicted molar refractivity (Wildman–Crippen MR) is 155 cm³/mol. The summed E-state index contributed by atoms with van der Waals surface area (Å²) >= 11 is 2.27. The van der Waals surface area contributed by atoms with Crippen molar-refractivity contribution in [2.45, 2.75) is 72.8 Å². The summed E-state index contributed by atoms with van der Waals surface area (Å²) in [5, 5.41) is 0. The number of ketones is 2. The second-order valence-electron chi connectivity index (χ2n) is 12.1. The molecule has 200 valence electrons. The van der Waals surface area contributed by atoms with E-state index in [1.165, 1.54) is 0 Å². The van der Waals surface area contributed by atoms with E-state index < -0.39 is 5.92 Å². The van der Waals surface area contributed by atoms with Gasteiger partial charge >= 0.3 is 0 Å². The summed E-state index contributed by atoms with van der Waals surface area (Å²) in [6.45, 7) is 11.2. The molecule has 0 saturated heterocycles. The van der Waals surface area contributed by atoms with Crippen molar-refractivity contribution in [3.63, 3.8) is 0 Å². The molecule has 0 atom stereocenters. The van der Waals surface area contributed by atoms with E-state index >= 15 is 0 Å². The topological polar surface area (TPSA) is 61.8 Å². The molecule has 0 radical (unpaired) electrons. The standard InChI is InChI=1S/C32H35IO5/c1-6-36-24-13-20(12-21(33)30(24)37-18-19-10-8-7-9-11-19)27-28-22(34)14-31(2,3)16-25(28)38-26-17-32(4,5)15-23(35)29(26)27/h7-13,27H,6,14-18H2,1-5H3. The van der Waals surface area contributed by atoms with Gasteiger partial charge in [-0.3, -0.25) is 9.59 Å². The minimum atomic E-state index is -0.461. The SMILES string of the molecule is CCOc1cc(C2C3=C(CC(C)(C)CC3=O)OC3=C2C(=O)CC(C)(C)C3)cc(I)c1OCc1ccccc1. The molecule has 2 aromatic carbocycles. The Kier molecular flexibility index (Phi) is 7.22. The Morgan fingerprint density at radius 3 is 2.00 bits per heavy atom. The van der Waals surface area contributed by atoms with E-state index in [0.717, 1.165) is 26.2 Å². The first-order valence-electron chi connectivity index (χ1n) is 13.3. The molecule has 38 heavy (non-hydrogen) atoms. The van der Waals surface area contributed by atoms with E-state index in [-0.39, 0.29) is 22.4 Å². The number of halogens is 1. The smallest absolute Gasteiger partial charge is 0.174 e. The lowest BCUT2D eigenvalue weighted by Gasteiger charge is -2.42. The molecular formula is C32H35IO5. The van der Waals surface area contributed by atoms with Crippen LogP contribution in [0, 0.1) is 14.4 Å². The quantitative estimate of drug-likeness (QED) is 0.308. The Morgan fingerprint density at radius 2 is 1.45 bits per heavy atom. The molecule has 3 aliphatic rings. The zero-order valence-electron chi connectivity index (χ0n) is 22.8. The molecule has 5 nitrogen and oxygen atoms in total. The van der Waals surface area contributed by atoms with Gasteiger partial charge < -0.3 is 14.2 Å². The summed E-state index contributed by atoms with van der Waals surface area (Å²) in [6.07, 6.45) is 2.21. The van der Waals surface area contributed by atoms with Gasteiger partial charge in [0.15, 0.2) is 23.1 Å². The molecule has 0 saturated carbocycles. The largest absolute Gasteiger partial charge is 0.490 e. The Bertz CT molecular complexity index is 1300. The highest BCUT2D eigenvalue weighted by atomic mass is 127. The van der Waals surface area contributed by atoms with E-state index in [9.17, 15) is 9.59 Å². The molecule has 0 fully saturated rings. The predicted octanol–water partition coefficient (Wildman–Crippen LogP) is 7.67. The second-order valence-corrected chi connectivity index (χ2v) is 13.3. The zero-order chi connectivity index (χ0) is 27.2. The fraction of sp³-hybridized carbons (Fsp3) is 0.438. The highest BCUT2D eigenvalue weighted by molar-refractivity contribution is 14.1. The highest BCUT2D eigenvalue weighted by Crippen LogP contribution is 2.54.